The number of hydrogen-bond acceptors (Lipinski definition) is 4. The lowest BCUT2D eigenvalue weighted by Gasteiger charge is -2.46. The second-order valence-corrected chi connectivity index (χ2v) is 9.53. The molecule has 2 amide bonds. The summed E-state index contributed by atoms with van der Waals surface area (Å²) in [5.41, 5.74) is 0.623. The maximum Gasteiger partial charge on any atom is 0.247 e. The summed E-state index contributed by atoms with van der Waals surface area (Å²) in [4.78, 5) is 26.8. The van der Waals surface area contributed by atoms with Gasteiger partial charge in [0.05, 0.1) is 25.4 Å². The van der Waals surface area contributed by atoms with E-state index < -0.39 is 6.04 Å². The van der Waals surface area contributed by atoms with Crippen LogP contribution in [0.2, 0.25) is 0 Å². The Morgan fingerprint density at radius 2 is 1.72 bits per heavy atom. The molecule has 0 aromatic rings. The number of nitrogens with zero attached hydrogens (tertiary/aromatic N) is 1. The first-order valence-corrected chi connectivity index (χ1v) is 11.7. The predicted molar refractivity (Wildman–Crippen MR) is 112 cm³/mol. The number of carbonyl (C=O) groups is 2. The van der Waals surface area contributed by atoms with Crippen LogP contribution in [0.15, 0.2) is 0 Å². The molecule has 166 valence electrons. The smallest absolute Gasteiger partial charge is 0.247 e. The molecule has 0 aromatic heterocycles. The number of nitrogens with one attached hydrogen (secondary N) is 1. The molecule has 2 atom stereocenters. The third-order valence-corrected chi connectivity index (χ3v) is 7.46. The van der Waals surface area contributed by atoms with Crippen molar-refractivity contribution in [3.05, 3.63) is 0 Å². The zero-order valence-corrected chi connectivity index (χ0v) is 18.8. The van der Waals surface area contributed by atoms with E-state index in [-0.39, 0.29) is 23.3 Å². The van der Waals surface area contributed by atoms with Crippen molar-refractivity contribution in [2.45, 2.75) is 97.3 Å². The van der Waals surface area contributed by atoms with Gasteiger partial charge in [-0.15, -0.1) is 0 Å². The minimum atomic E-state index is -0.604. The normalized spacial score (nSPS) is 31.4. The molecule has 2 bridgehead atoms. The highest BCUT2D eigenvalue weighted by Gasteiger charge is 2.46. The van der Waals surface area contributed by atoms with Gasteiger partial charge in [-0.05, 0) is 63.7 Å². The van der Waals surface area contributed by atoms with Crippen molar-refractivity contribution in [2.75, 3.05) is 26.3 Å². The summed E-state index contributed by atoms with van der Waals surface area (Å²) in [6, 6.07) is -0.604. The SMILES string of the molecule is CC.CC(=O)NC(C(=O)N1CCC2(CC1)CC2)C(C)OCC12CCC(CC1)OC2. The van der Waals surface area contributed by atoms with E-state index in [9.17, 15) is 9.59 Å². The van der Waals surface area contributed by atoms with Gasteiger partial charge in [0.2, 0.25) is 11.8 Å². The predicted octanol–water partition coefficient (Wildman–Crippen LogP) is 3.28. The van der Waals surface area contributed by atoms with Gasteiger partial charge in [0.25, 0.3) is 0 Å². The highest BCUT2D eigenvalue weighted by Crippen LogP contribution is 2.53. The first-order valence-electron chi connectivity index (χ1n) is 11.7. The molecule has 2 unspecified atom stereocenters. The maximum atomic E-state index is 13.1. The van der Waals surface area contributed by atoms with Crippen LogP contribution in [-0.4, -0.2) is 61.3 Å². The van der Waals surface area contributed by atoms with Crippen LogP contribution in [0.1, 0.15) is 79.1 Å². The summed E-state index contributed by atoms with van der Waals surface area (Å²) in [5, 5.41) is 2.85. The fourth-order valence-electron chi connectivity index (χ4n) is 5.07. The van der Waals surface area contributed by atoms with Crippen molar-refractivity contribution in [1.82, 2.24) is 10.2 Å². The quantitative estimate of drug-likeness (QED) is 0.732. The third-order valence-electron chi connectivity index (χ3n) is 7.46. The zero-order chi connectivity index (χ0) is 21.1. The Balaban J connectivity index is 0.00000117. The summed E-state index contributed by atoms with van der Waals surface area (Å²) >= 11 is 0. The lowest BCUT2D eigenvalue weighted by molar-refractivity contribution is -0.157. The lowest BCUT2D eigenvalue weighted by atomic mass is 9.72. The van der Waals surface area contributed by atoms with Crippen molar-refractivity contribution < 1.29 is 19.1 Å². The molecular formula is C23H40N2O4. The number of ether oxygens (including phenoxy) is 2. The van der Waals surface area contributed by atoms with Crippen molar-refractivity contribution in [3.8, 4) is 0 Å². The summed E-state index contributed by atoms with van der Waals surface area (Å²) < 4.78 is 12.1. The first-order chi connectivity index (χ1) is 13.9. The standard InChI is InChI=1S/C21H34N2O4.C2H6/c1-15(26-13-21-5-3-17(4-6-21)27-14-21)18(22-16(2)24)19(25)23-11-9-20(7-8-20)10-12-23;1-2/h15,17-18H,3-14H2,1-2H3,(H,22,24);1-2H3. The molecule has 3 saturated heterocycles. The van der Waals surface area contributed by atoms with Crippen LogP contribution in [-0.2, 0) is 19.1 Å². The molecule has 6 nitrogen and oxygen atoms in total. The summed E-state index contributed by atoms with van der Waals surface area (Å²) in [6.07, 6.45) is 9.42. The van der Waals surface area contributed by atoms with E-state index in [1.807, 2.05) is 25.7 Å². The molecule has 1 N–H and O–H groups in total. The van der Waals surface area contributed by atoms with Gasteiger partial charge in [-0.1, -0.05) is 13.8 Å². The fourth-order valence-corrected chi connectivity index (χ4v) is 5.07. The molecule has 0 aromatic carbocycles. The molecule has 3 heterocycles. The highest BCUT2D eigenvalue weighted by molar-refractivity contribution is 5.87. The second kappa shape index (κ2) is 9.34. The minimum Gasteiger partial charge on any atom is -0.378 e. The number of piperidine rings is 1. The van der Waals surface area contributed by atoms with E-state index in [2.05, 4.69) is 5.32 Å². The molecule has 0 radical (unpaired) electrons. The van der Waals surface area contributed by atoms with Crippen LogP contribution in [0.25, 0.3) is 0 Å². The van der Waals surface area contributed by atoms with Crippen LogP contribution in [0.3, 0.4) is 0 Å². The van der Waals surface area contributed by atoms with E-state index in [4.69, 9.17) is 9.47 Å². The maximum absolute atomic E-state index is 13.1. The topological polar surface area (TPSA) is 67.9 Å². The number of likely N-dealkylation sites (tertiary alicyclic amines) is 1. The van der Waals surface area contributed by atoms with Gasteiger partial charge in [-0.2, -0.15) is 0 Å². The molecule has 2 saturated carbocycles. The molecule has 6 heteroatoms. The van der Waals surface area contributed by atoms with Crippen LogP contribution >= 0.6 is 0 Å². The number of fused-ring (bicyclic) bond motifs is 3. The van der Waals surface area contributed by atoms with Gasteiger partial charge in [0.1, 0.15) is 6.04 Å². The van der Waals surface area contributed by atoms with E-state index in [1.165, 1.54) is 19.8 Å². The molecule has 2 aliphatic carbocycles. The van der Waals surface area contributed by atoms with Crippen molar-refractivity contribution in [3.63, 3.8) is 0 Å². The number of rotatable bonds is 6. The lowest BCUT2D eigenvalue weighted by Crippen LogP contribution is -2.56. The Labute approximate surface area is 176 Å². The Hall–Kier alpha value is -1.14. The van der Waals surface area contributed by atoms with E-state index >= 15 is 0 Å². The van der Waals surface area contributed by atoms with Crippen LogP contribution in [0.5, 0.6) is 0 Å². The molecule has 5 rings (SSSR count). The Bertz CT molecular complexity index is 558. The van der Waals surface area contributed by atoms with Crippen molar-refractivity contribution >= 4 is 11.8 Å². The zero-order valence-electron chi connectivity index (χ0n) is 18.8. The third kappa shape index (κ3) is 5.32. The van der Waals surface area contributed by atoms with E-state index in [1.54, 1.807) is 0 Å². The highest BCUT2D eigenvalue weighted by atomic mass is 16.5. The molecule has 5 aliphatic rings. The molecule has 29 heavy (non-hydrogen) atoms. The monoisotopic (exact) mass is 408 g/mol. The first kappa shape index (κ1) is 22.5. The van der Waals surface area contributed by atoms with Gasteiger partial charge in [-0.25, -0.2) is 0 Å². The molecule has 5 fully saturated rings. The van der Waals surface area contributed by atoms with E-state index in [0.29, 0.717) is 18.1 Å². The van der Waals surface area contributed by atoms with Crippen LogP contribution < -0.4 is 5.32 Å². The average Bonchev–Trinajstić information content (AvgIpc) is 3.52. The van der Waals surface area contributed by atoms with Gasteiger partial charge >= 0.3 is 0 Å². The number of hydrogen-bond donors (Lipinski definition) is 1. The molecule has 1 spiro atoms. The summed E-state index contributed by atoms with van der Waals surface area (Å²) in [7, 11) is 0. The van der Waals surface area contributed by atoms with Gasteiger partial charge in [-0.3, -0.25) is 9.59 Å². The average molecular weight is 409 g/mol. The summed E-state index contributed by atoms with van der Waals surface area (Å²) in [6.45, 7) is 10.4. The largest absolute Gasteiger partial charge is 0.378 e. The fraction of sp³-hybridized carbons (Fsp3) is 0.913. The molecular weight excluding hydrogens is 368 g/mol. The van der Waals surface area contributed by atoms with Crippen LogP contribution in [0.4, 0.5) is 0 Å². The van der Waals surface area contributed by atoms with E-state index in [0.717, 1.165) is 58.2 Å². The van der Waals surface area contributed by atoms with Gasteiger partial charge in [0, 0.05) is 25.4 Å². The van der Waals surface area contributed by atoms with Crippen LogP contribution in [0, 0.1) is 10.8 Å². The Kier molecular flexibility index (Phi) is 7.26. The Morgan fingerprint density at radius 1 is 1.10 bits per heavy atom. The van der Waals surface area contributed by atoms with Gasteiger partial charge < -0.3 is 19.7 Å². The molecule has 3 aliphatic heterocycles. The van der Waals surface area contributed by atoms with Gasteiger partial charge in [0.15, 0.2) is 0 Å². The van der Waals surface area contributed by atoms with Crippen molar-refractivity contribution in [1.29, 1.82) is 0 Å². The minimum absolute atomic E-state index is 0.00861. The van der Waals surface area contributed by atoms with Crippen molar-refractivity contribution in [2.24, 2.45) is 10.8 Å². The Morgan fingerprint density at radius 3 is 2.21 bits per heavy atom. The summed E-state index contributed by atoms with van der Waals surface area (Å²) in [5.74, 6) is -0.173. The number of carbonyl (C=O) groups excluding carboxylic acids is 2. The number of amides is 2. The second-order valence-electron chi connectivity index (χ2n) is 9.53.